The number of nitrogens with zero attached hydrogens (tertiary/aromatic N) is 1. The molecule has 1 saturated carbocycles. The number of ether oxygens (including phenoxy) is 1. The maximum Gasteiger partial charge on any atom is 0.215 e. The van der Waals surface area contributed by atoms with Gasteiger partial charge in [-0.2, -0.15) is 0 Å². The van der Waals surface area contributed by atoms with Gasteiger partial charge < -0.3 is 10.5 Å². The van der Waals surface area contributed by atoms with E-state index >= 15 is 0 Å². The zero-order valence-corrected chi connectivity index (χ0v) is 10.8. The van der Waals surface area contributed by atoms with Crippen molar-refractivity contribution in [3.8, 4) is 5.88 Å². The van der Waals surface area contributed by atoms with Gasteiger partial charge in [0.2, 0.25) is 5.88 Å². The van der Waals surface area contributed by atoms with E-state index in [0.29, 0.717) is 12.0 Å². The highest BCUT2D eigenvalue weighted by atomic mass is 16.5. The van der Waals surface area contributed by atoms with Gasteiger partial charge >= 0.3 is 0 Å². The van der Waals surface area contributed by atoms with Gasteiger partial charge in [-0.1, -0.05) is 19.8 Å². The molecule has 3 nitrogen and oxygen atoms in total. The van der Waals surface area contributed by atoms with Crippen LogP contribution in [-0.2, 0) is 0 Å². The van der Waals surface area contributed by atoms with E-state index in [-0.39, 0.29) is 0 Å². The van der Waals surface area contributed by atoms with Crippen molar-refractivity contribution in [3.05, 3.63) is 17.8 Å². The lowest BCUT2D eigenvalue weighted by molar-refractivity contribution is 0.117. The molecule has 0 aromatic carbocycles. The summed E-state index contributed by atoms with van der Waals surface area (Å²) in [5, 5.41) is 0. The highest BCUT2D eigenvalue weighted by Gasteiger charge is 2.22. The Morgan fingerprint density at radius 2 is 2.29 bits per heavy atom. The fourth-order valence-electron chi connectivity index (χ4n) is 2.47. The fraction of sp³-hybridized carbons (Fsp3) is 0.643. The number of aryl methyl sites for hydroxylation is 1. The molecule has 1 aromatic heterocycles. The lowest BCUT2D eigenvalue weighted by Crippen LogP contribution is -2.25. The van der Waals surface area contributed by atoms with Crippen LogP contribution >= 0.6 is 0 Å². The number of nitrogen functional groups attached to an aromatic ring is 1. The standard InChI is InChI=1S/C14H22N2O/c1-3-11-5-4-6-12(7-11)17-14-8-13(15)10(2)9-16-14/h8-9,11-12H,3-7H2,1-2H3,(H2,15,16). The fourth-order valence-corrected chi connectivity index (χ4v) is 2.47. The van der Waals surface area contributed by atoms with Crippen molar-refractivity contribution >= 4 is 5.69 Å². The normalized spacial score (nSPS) is 24.6. The molecule has 0 spiro atoms. The van der Waals surface area contributed by atoms with Gasteiger partial charge in [-0.15, -0.1) is 0 Å². The van der Waals surface area contributed by atoms with Crippen LogP contribution in [0.4, 0.5) is 5.69 Å². The number of anilines is 1. The average Bonchev–Trinajstić information content (AvgIpc) is 2.34. The molecule has 0 bridgehead atoms. The summed E-state index contributed by atoms with van der Waals surface area (Å²) in [6, 6.07) is 1.84. The van der Waals surface area contributed by atoms with E-state index in [1.165, 1.54) is 19.3 Å². The maximum absolute atomic E-state index is 5.93. The van der Waals surface area contributed by atoms with E-state index in [1.54, 1.807) is 6.20 Å². The number of hydrogen-bond acceptors (Lipinski definition) is 3. The van der Waals surface area contributed by atoms with Crippen LogP contribution in [-0.4, -0.2) is 11.1 Å². The molecule has 1 heterocycles. The van der Waals surface area contributed by atoms with Crippen LogP contribution < -0.4 is 10.5 Å². The Balaban J connectivity index is 1.97. The first-order chi connectivity index (χ1) is 8.19. The van der Waals surface area contributed by atoms with E-state index in [4.69, 9.17) is 10.5 Å². The summed E-state index contributed by atoms with van der Waals surface area (Å²) < 4.78 is 5.93. The van der Waals surface area contributed by atoms with Crippen molar-refractivity contribution in [2.24, 2.45) is 5.92 Å². The van der Waals surface area contributed by atoms with Gasteiger partial charge in [-0.05, 0) is 37.7 Å². The summed E-state index contributed by atoms with van der Waals surface area (Å²) in [6.07, 6.45) is 8.28. The van der Waals surface area contributed by atoms with Crippen molar-refractivity contribution in [2.45, 2.75) is 52.1 Å². The Bertz CT molecular complexity index is 378. The molecule has 2 atom stereocenters. The third-order valence-electron chi connectivity index (χ3n) is 3.72. The quantitative estimate of drug-likeness (QED) is 0.872. The predicted octanol–water partition coefficient (Wildman–Crippen LogP) is 3.32. The highest BCUT2D eigenvalue weighted by molar-refractivity contribution is 5.47. The molecule has 3 heteroatoms. The summed E-state index contributed by atoms with van der Waals surface area (Å²) in [5.41, 5.74) is 7.63. The minimum Gasteiger partial charge on any atom is -0.474 e. The van der Waals surface area contributed by atoms with Crippen molar-refractivity contribution in [3.63, 3.8) is 0 Å². The molecule has 0 radical (unpaired) electrons. The molecule has 2 N–H and O–H groups in total. The Hall–Kier alpha value is -1.25. The van der Waals surface area contributed by atoms with Crippen LogP contribution in [0.1, 0.15) is 44.6 Å². The van der Waals surface area contributed by atoms with Crippen LogP contribution in [0.3, 0.4) is 0 Å². The van der Waals surface area contributed by atoms with Crippen molar-refractivity contribution in [2.75, 3.05) is 5.73 Å². The predicted molar refractivity (Wildman–Crippen MR) is 70.1 cm³/mol. The third-order valence-corrected chi connectivity index (χ3v) is 3.72. The van der Waals surface area contributed by atoms with Crippen LogP contribution in [0, 0.1) is 12.8 Å². The van der Waals surface area contributed by atoms with Crippen LogP contribution in [0.25, 0.3) is 0 Å². The zero-order chi connectivity index (χ0) is 12.3. The monoisotopic (exact) mass is 234 g/mol. The van der Waals surface area contributed by atoms with Gasteiger partial charge in [-0.25, -0.2) is 4.98 Å². The van der Waals surface area contributed by atoms with Crippen molar-refractivity contribution in [1.29, 1.82) is 0 Å². The molecule has 94 valence electrons. The largest absolute Gasteiger partial charge is 0.474 e. The second kappa shape index (κ2) is 5.39. The van der Waals surface area contributed by atoms with Gasteiger partial charge in [0, 0.05) is 18.0 Å². The molecule has 0 amide bonds. The molecule has 1 aliphatic rings. The number of aromatic nitrogens is 1. The van der Waals surface area contributed by atoms with E-state index in [1.807, 2.05) is 13.0 Å². The van der Waals surface area contributed by atoms with Crippen LogP contribution in [0.5, 0.6) is 5.88 Å². The molecular weight excluding hydrogens is 212 g/mol. The van der Waals surface area contributed by atoms with E-state index in [9.17, 15) is 0 Å². The third kappa shape index (κ3) is 3.11. The molecule has 17 heavy (non-hydrogen) atoms. The Morgan fingerprint density at radius 1 is 1.47 bits per heavy atom. The lowest BCUT2D eigenvalue weighted by Gasteiger charge is -2.28. The highest BCUT2D eigenvalue weighted by Crippen LogP contribution is 2.29. The van der Waals surface area contributed by atoms with Gasteiger partial charge in [0.15, 0.2) is 0 Å². The minimum absolute atomic E-state index is 0.323. The van der Waals surface area contributed by atoms with Crippen molar-refractivity contribution < 1.29 is 4.74 Å². The Kier molecular flexibility index (Phi) is 3.87. The van der Waals surface area contributed by atoms with Crippen LogP contribution in [0.2, 0.25) is 0 Å². The Labute approximate surface area is 103 Å². The number of hydrogen-bond donors (Lipinski definition) is 1. The lowest BCUT2D eigenvalue weighted by atomic mass is 9.85. The molecular formula is C14H22N2O. The minimum atomic E-state index is 0.323. The maximum atomic E-state index is 5.93. The smallest absolute Gasteiger partial charge is 0.215 e. The summed E-state index contributed by atoms with van der Waals surface area (Å²) in [7, 11) is 0. The summed E-state index contributed by atoms with van der Waals surface area (Å²) in [5.74, 6) is 1.49. The first-order valence-corrected chi connectivity index (χ1v) is 6.57. The van der Waals surface area contributed by atoms with E-state index in [0.717, 1.165) is 30.0 Å². The summed E-state index contributed by atoms with van der Waals surface area (Å²) >= 11 is 0. The summed E-state index contributed by atoms with van der Waals surface area (Å²) in [4.78, 5) is 4.28. The first-order valence-electron chi connectivity index (χ1n) is 6.57. The van der Waals surface area contributed by atoms with Gasteiger partial charge in [-0.3, -0.25) is 0 Å². The molecule has 2 rings (SSSR count). The second-order valence-corrected chi connectivity index (χ2v) is 5.06. The SMILES string of the molecule is CCC1CCCC(Oc2cc(N)c(C)cn2)C1. The summed E-state index contributed by atoms with van der Waals surface area (Å²) in [6.45, 7) is 4.22. The molecule has 1 fully saturated rings. The Morgan fingerprint density at radius 3 is 3.00 bits per heavy atom. The second-order valence-electron chi connectivity index (χ2n) is 5.06. The molecule has 0 aliphatic heterocycles. The molecule has 2 unspecified atom stereocenters. The number of pyridine rings is 1. The molecule has 1 aliphatic carbocycles. The van der Waals surface area contributed by atoms with Gasteiger partial charge in [0.1, 0.15) is 6.10 Å². The zero-order valence-electron chi connectivity index (χ0n) is 10.8. The first kappa shape index (κ1) is 12.2. The van der Waals surface area contributed by atoms with Gasteiger partial charge in [0.25, 0.3) is 0 Å². The van der Waals surface area contributed by atoms with E-state index < -0.39 is 0 Å². The van der Waals surface area contributed by atoms with Crippen LogP contribution in [0.15, 0.2) is 12.3 Å². The van der Waals surface area contributed by atoms with Gasteiger partial charge in [0.05, 0.1) is 0 Å². The number of nitrogens with two attached hydrogens (primary N) is 1. The molecule has 0 saturated heterocycles. The molecule has 1 aromatic rings. The average molecular weight is 234 g/mol. The van der Waals surface area contributed by atoms with Crippen molar-refractivity contribution in [1.82, 2.24) is 4.98 Å². The topological polar surface area (TPSA) is 48.1 Å². The van der Waals surface area contributed by atoms with E-state index in [2.05, 4.69) is 11.9 Å². The number of rotatable bonds is 3.